The van der Waals surface area contributed by atoms with Crippen molar-refractivity contribution >= 4 is 11.9 Å². The van der Waals surface area contributed by atoms with E-state index in [1.165, 1.54) is 7.11 Å². The first-order valence-corrected chi connectivity index (χ1v) is 5.76. The molecular formula is C12H23NO4. The molecule has 0 N–H and O–H groups in total. The van der Waals surface area contributed by atoms with Crippen molar-refractivity contribution < 1.29 is 19.1 Å². The average molecular weight is 245 g/mol. The van der Waals surface area contributed by atoms with Gasteiger partial charge in [-0.15, -0.1) is 0 Å². The average Bonchev–Trinajstić information content (AvgIpc) is 2.28. The number of nitrogens with zero attached hydrogens (tertiary/aromatic N) is 1. The third-order valence-corrected chi connectivity index (χ3v) is 2.68. The molecule has 5 nitrogen and oxygen atoms in total. The lowest BCUT2D eigenvalue weighted by Gasteiger charge is -2.27. The van der Waals surface area contributed by atoms with Gasteiger partial charge in [-0.2, -0.15) is 0 Å². The molecule has 0 radical (unpaired) electrons. The van der Waals surface area contributed by atoms with Gasteiger partial charge in [0.25, 0.3) is 0 Å². The van der Waals surface area contributed by atoms with E-state index in [2.05, 4.69) is 4.74 Å². The van der Waals surface area contributed by atoms with E-state index in [1.54, 1.807) is 12.0 Å². The SMILES string of the molecule is CCN(CCC(=O)OC)C(=O)CC(C)(C)OC. The maximum Gasteiger partial charge on any atom is 0.307 e. The van der Waals surface area contributed by atoms with Crippen LogP contribution in [-0.4, -0.2) is 49.7 Å². The second-order valence-corrected chi connectivity index (χ2v) is 4.44. The molecule has 5 heteroatoms. The van der Waals surface area contributed by atoms with Gasteiger partial charge in [-0.3, -0.25) is 9.59 Å². The van der Waals surface area contributed by atoms with Crippen LogP contribution in [-0.2, 0) is 19.1 Å². The molecule has 0 fully saturated rings. The molecule has 0 rings (SSSR count). The lowest BCUT2D eigenvalue weighted by Crippen LogP contribution is -2.38. The molecular weight excluding hydrogens is 222 g/mol. The Morgan fingerprint density at radius 3 is 2.24 bits per heavy atom. The van der Waals surface area contributed by atoms with E-state index >= 15 is 0 Å². The van der Waals surface area contributed by atoms with Crippen LogP contribution in [0.1, 0.15) is 33.6 Å². The number of carbonyl (C=O) groups is 2. The number of methoxy groups -OCH3 is 2. The van der Waals surface area contributed by atoms with Crippen LogP contribution in [0.5, 0.6) is 0 Å². The number of carbonyl (C=O) groups excluding carboxylic acids is 2. The fourth-order valence-electron chi connectivity index (χ4n) is 1.34. The zero-order valence-corrected chi connectivity index (χ0v) is 11.4. The van der Waals surface area contributed by atoms with E-state index in [9.17, 15) is 9.59 Å². The van der Waals surface area contributed by atoms with Gasteiger partial charge in [0.05, 0.1) is 25.6 Å². The van der Waals surface area contributed by atoms with Crippen LogP contribution in [0.2, 0.25) is 0 Å². The number of hydrogen-bond acceptors (Lipinski definition) is 4. The molecule has 0 spiro atoms. The quantitative estimate of drug-likeness (QED) is 0.633. The van der Waals surface area contributed by atoms with Crippen LogP contribution in [0.15, 0.2) is 0 Å². The maximum atomic E-state index is 11.9. The van der Waals surface area contributed by atoms with E-state index in [1.807, 2.05) is 20.8 Å². The van der Waals surface area contributed by atoms with Crippen molar-refractivity contribution in [3.63, 3.8) is 0 Å². The summed E-state index contributed by atoms with van der Waals surface area (Å²) >= 11 is 0. The zero-order valence-electron chi connectivity index (χ0n) is 11.4. The monoisotopic (exact) mass is 245 g/mol. The Morgan fingerprint density at radius 2 is 1.82 bits per heavy atom. The second-order valence-electron chi connectivity index (χ2n) is 4.44. The van der Waals surface area contributed by atoms with E-state index in [-0.39, 0.29) is 18.3 Å². The van der Waals surface area contributed by atoms with Gasteiger partial charge in [-0.25, -0.2) is 0 Å². The van der Waals surface area contributed by atoms with Gasteiger partial charge in [-0.05, 0) is 20.8 Å². The van der Waals surface area contributed by atoms with E-state index in [0.29, 0.717) is 19.5 Å². The molecule has 0 atom stereocenters. The molecule has 0 aromatic rings. The van der Waals surface area contributed by atoms with Gasteiger partial charge >= 0.3 is 5.97 Å². The van der Waals surface area contributed by atoms with Gasteiger partial charge in [-0.1, -0.05) is 0 Å². The van der Waals surface area contributed by atoms with Crippen molar-refractivity contribution in [2.75, 3.05) is 27.3 Å². The summed E-state index contributed by atoms with van der Waals surface area (Å²) in [6.07, 6.45) is 0.530. The number of ether oxygens (including phenoxy) is 2. The summed E-state index contributed by atoms with van der Waals surface area (Å²) in [5.74, 6) is -0.314. The summed E-state index contributed by atoms with van der Waals surface area (Å²) in [5, 5.41) is 0. The second kappa shape index (κ2) is 7.27. The molecule has 0 aromatic heterocycles. The minimum Gasteiger partial charge on any atom is -0.469 e. The topological polar surface area (TPSA) is 55.8 Å². The standard InChI is InChI=1S/C12H23NO4/c1-6-13(8-7-11(15)16-4)10(14)9-12(2,3)17-5/h6-9H2,1-5H3. The molecule has 0 aliphatic carbocycles. The van der Waals surface area contributed by atoms with Gasteiger partial charge in [0.1, 0.15) is 0 Å². The Balaban J connectivity index is 4.26. The zero-order chi connectivity index (χ0) is 13.5. The number of esters is 1. The van der Waals surface area contributed by atoms with Crippen LogP contribution < -0.4 is 0 Å². The molecule has 0 bridgehead atoms. The lowest BCUT2D eigenvalue weighted by molar-refractivity contribution is -0.142. The highest BCUT2D eigenvalue weighted by Gasteiger charge is 2.24. The molecule has 0 aliphatic heterocycles. The summed E-state index contributed by atoms with van der Waals surface area (Å²) in [6, 6.07) is 0. The summed E-state index contributed by atoms with van der Waals surface area (Å²) in [6.45, 7) is 6.57. The van der Waals surface area contributed by atoms with Crippen molar-refractivity contribution in [2.45, 2.75) is 39.2 Å². The largest absolute Gasteiger partial charge is 0.469 e. The first-order chi connectivity index (χ1) is 7.86. The fourth-order valence-corrected chi connectivity index (χ4v) is 1.34. The van der Waals surface area contributed by atoms with Crippen molar-refractivity contribution in [2.24, 2.45) is 0 Å². The van der Waals surface area contributed by atoms with Gasteiger partial charge in [0.15, 0.2) is 0 Å². The van der Waals surface area contributed by atoms with Crippen molar-refractivity contribution in [3.8, 4) is 0 Å². The highest BCUT2D eigenvalue weighted by atomic mass is 16.5. The molecule has 100 valence electrons. The van der Waals surface area contributed by atoms with Crippen LogP contribution in [0, 0.1) is 0 Å². The van der Waals surface area contributed by atoms with Gasteiger partial charge < -0.3 is 14.4 Å². The highest BCUT2D eigenvalue weighted by Crippen LogP contribution is 2.14. The number of hydrogen-bond donors (Lipinski definition) is 0. The molecule has 0 unspecified atom stereocenters. The Labute approximate surface area is 103 Å². The van der Waals surface area contributed by atoms with Gasteiger partial charge in [0.2, 0.25) is 5.91 Å². The summed E-state index contributed by atoms with van der Waals surface area (Å²) in [5.41, 5.74) is -0.476. The summed E-state index contributed by atoms with van der Waals surface area (Å²) in [7, 11) is 2.92. The summed E-state index contributed by atoms with van der Waals surface area (Å²) < 4.78 is 9.76. The first-order valence-electron chi connectivity index (χ1n) is 5.76. The van der Waals surface area contributed by atoms with Crippen LogP contribution in [0.25, 0.3) is 0 Å². The molecule has 0 heterocycles. The molecule has 17 heavy (non-hydrogen) atoms. The maximum absolute atomic E-state index is 11.9. The Hall–Kier alpha value is -1.10. The predicted octanol–water partition coefficient (Wildman–Crippen LogP) is 1.21. The van der Waals surface area contributed by atoms with Crippen molar-refractivity contribution in [3.05, 3.63) is 0 Å². The molecule has 1 amide bonds. The number of rotatable bonds is 7. The van der Waals surface area contributed by atoms with Gasteiger partial charge in [0, 0.05) is 20.2 Å². The predicted molar refractivity (Wildman–Crippen MR) is 64.6 cm³/mol. The smallest absolute Gasteiger partial charge is 0.307 e. The highest BCUT2D eigenvalue weighted by molar-refractivity contribution is 5.78. The first kappa shape index (κ1) is 15.9. The summed E-state index contributed by atoms with van der Waals surface area (Å²) in [4.78, 5) is 24.6. The number of amides is 1. The van der Waals surface area contributed by atoms with Crippen LogP contribution in [0.4, 0.5) is 0 Å². The van der Waals surface area contributed by atoms with Crippen LogP contribution in [0.3, 0.4) is 0 Å². The Morgan fingerprint density at radius 1 is 1.24 bits per heavy atom. The van der Waals surface area contributed by atoms with Crippen molar-refractivity contribution in [1.82, 2.24) is 4.90 Å². The fraction of sp³-hybridized carbons (Fsp3) is 0.833. The third-order valence-electron chi connectivity index (χ3n) is 2.68. The molecule has 0 aromatic carbocycles. The normalized spacial score (nSPS) is 11.1. The minimum atomic E-state index is -0.476. The van der Waals surface area contributed by atoms with Crippen molar-refractivity contribution in [1.29, 1.82) is 0 Å². The Kier molecular flexibility index (Phi) is 6.80. The van der Waals surface area contributed by atoms with E-state index in [0.717, 1.165) is 0 Å². The molecule has 0 saturated carbocycles. The van der Waals surface area contributed by atoms with Crippen LogP contribution >= 0.6 is 0 Å². The third kappa shape index (κ3) is 6.26. The minimum absolute atomic E-state index is 0.0109. The van der Waals surface area contributed by atoms with E-state index in [4.69, 9.17) is 4.74 Å². The lowest BCUT2D eigenvalue weighted by atomic mass is 10.0. The van der Waals surface area contributed by atoms with E-state index < -0.39 is 5.60 Å². The molecule has 0 aliphatic rings. The molecule has 0 saturated heterocycles. The Bertz CT molecular complexity index is 263.